The predicted octanol–water partition coefficient (Wildman–Crippen LogP) is 3.55. The summed E-state index contributed by atoms with van der Waals surface area (Å²) in [5.74, 6) is 0.402. The van der Waals surface area contributed by atoms with E-state index in [0.29, 0.717) is 11.2 Å². The highest BCUT2D eigenvalue weighted by molar-refractivity contribution is 6.63. The van der Waals surface area contributed by atoms with Crippen LogP contribution < -0.4 is 10.2 Å². The lowest BCUT2D eigenvalue weighted by Gasteiger charge is -2.32. The molecule has 0 bridgehead atoms. The molecule has 3 rings (SSSR count). The minimum absolute atomic E-state index is 0.0768. The van der Waals surface area contributed by atoms with Crippen molar-refractivity contribution in [2.75, 3.05) is 0 Å². The van der Waals surface area contributed by atoms with Crippen molar-refractivity contribution >= 4 is 12.6 Å². The maximum absolute atomic E-state index is 13.0. The first-order chi connectivity index (χ1) is 10.5. The Morgan fingerprint density at radius 3 is 2.13 bits per heavy atom. The lowest BCUT2D eigenvalue weighted by atomic mass is 9.77. The third-order valence-corrected chi connectivity index (χ3v) is 4.66. The molecule has 0 N–H and O–H groups in total. The van der Waals surface area contributed by atoms with Crippen LogP contribution in [0.5, 0.6) is 5.75 Å². The minimum Gasteiger partial charge on any atom is -0.491 e. The van der Waals surface area contributed by atoms with E-state index >= 15 is 0 Å². The first-order valence-corrected chi connectivity index (χ1v) is 7.73. The van der Waals surface area contributed by atoms with Crippen LogP contribution in [0.1, 0.15) is 46.1 Å². The summed E-state index contributed by atoms with van der Waals surface area (Å²) in [5, 5.41) is 0. The van der Waals surface area contributed by atoms with Gasteiger partial charge in [0.25, 0.3) is 0 Å². The Labute approximate surface area is 134 Å². The third kappa shape index (κ3) is 3.22. The molecule has 1 aliphatic heterocycles. The van der Waals surface area contributed by atoms with Crippen LogP contribution in [0.25, 0.3) is 0 Å². The molecule has 1 aromatic carbocycles. The summed E-state index contributed by atoms with van der Waals surface area (Å²) in [6, 6.07) is 3.47. The number of benzene rings is 1. The van der Waals surface area contributed by atoms with Crippen molar-refractivity contribution < 1.29 is 27.2 Å². The van der Waals surface area contributed by atoms with Crippen LogP contribution in [0.3, 0.4) is 0 Å². The Balaban J connectivity index is 1.98. The number of rotatable bonds is 3. The van der Waals surface area contributed by atoms with E-state index in [4.69, 9.17) is 14.0 Å². The zero-order valence-corrected chi connectivity index (χ0v) is 13.7. The van der Waals surface area contributed by atoms with Gasteiger partial charge in [-0.15, -0.1) is 0 Å². The molecule has 0 amide bonds. The first kappa shape index (κ1) is 16.6. The quantitative estimate of drug-likeness (QED) is 0.795. The molecular weight excluding hydrogens is 308 g/mol. The van der Waals surface area contributed by atoms with Gasteiger partial charge >= 0.3 is 13.3 Å². The van der Waals surface area contributed by atoms with Gasteiger partial charge in [-0.3, -0.25) is 0 Å². The van der Waals surface area contributed by atoms with Crippen LogP contribution in [0.15, 0.2) is 18.2 Å². The average molecular weight is 328 g/mol. The van der Waals surface area contributed by atoms with Crippen molar-refractivity contribution in [3.05, 3.63) is 23.8 Å². The maximum Gasteiger partial charge on any atom is 0.498 e. The summed E-state index contributed by atoms with van der Waals surface area (Å²) < 4.78 is 56.7. The van der Waals surface area contributed by atoms with E-state index in [9.17, 15) is 13.2 Å². The van der Waals surface area contributed by atoms with E-state index in [0.717, 1.165) is 25.0 Å². The van der Waals surface area contributed by atoms with Crippen molar-refractivity contribution in [1.82, 2.24) is 0 Å². The molecule has 0 unspecified atom stereocenters. The molecule has 1 saturated carbocycles. The number of hydrogen-bond donors (Lipinski definition) is 0. The largest absolute Gasteiger partial charge is 0.498 e. The lowest BCUT2D eigenvalue weighted by Crippen LogP contribution is -2.41. The molecule has 126 valence electrons. The first-order valence-electron chi connectivity index (χ1n) is 7.73. The summed E-state index contributed by atoms with van der Waals surface area (Å²) in [6.45, 7) is 7.45. The topological polar surface area (TPSA) is 27.7 Å². The Morgan fingerprint density at radius 2 is 1.65 bits per heavy atom. The van der Waals surface area contributed by atoms with Gasteiger partial charge in [0.15, 0.2) is 0 Å². The molecule has 1 saturated heterocycles. The maximum atomic E-state index is 13.0. The molecule has 1 aliphatic carbocycles. The van der Waals surface area contributed by atoms with Gasteiger partial charge in [-0.2, -0.15) is 13.2 Å². The second-order valence-electron chi connectivity index (χ2n) is 7.16. The SMILES string of the molecule is CC1(C)OB(c2cc(C(F)(F)F)ccc2OC2CC2)OC1(C)C. The summed E-state index contributed by atoms with van der Waals surface area (Å²) in [4.78, 5) is 0. The predicted molar refractivity (Wildman–Crippen MR) is 80.8 cm³/mol. The summed E-state index contributed by atoms with van der Waals surface area (Å²) in [7, 11) is -0.879. The van der Waals surface area contributed by atoms with Crippen LogP contribution in [0.4, 0.5) is 13.2 Å². The standard InChI is InChI=1S/C16H20BF3O3/c1-14(2)15(3,4)23-17(22-14)12-9-10(16(18,19)20)5-8-13(12)21-11-6-7-11/h5,8-9,11H,6-7H2,1-4H3. The second-order valence-corrected chi connectivity index (χ2v) is 7.16. The second kappa shape index (κ2) is 5.15. The van der Waals surface area contributed by atoms with Gasteiger partial charge in [-0.05, 0) is 58.7 Å². The van der Waals surface area contributed by atoms with Gasteiger partial charge in [-0.25, -0.2) is 0 Å². The van der Waals surface area contributed by atoms with Crippen LogP contribution in [0.2, 0.25) is 0 Å². The highest BCUT2D eigenvalue weighted by atomic mass is 19.4. The zero-order valence-electron chi connectivity index (χ0n) is 13.7. The zero-order chi connectivity index (χ0) is 17.0. The molecule has 0 radical (unpaired) electrons. The molecule has 1 aromatic rings. The molecule has 0 atom stereocenters. The van der Waals surface area contributed by atoms with Gasteiger partial charge in [0.05, 0.1) is 22.9 Å². The molecule has 2 aliphatic rings. The Morgan fingerprint density at radius 1 is 1.09 bits per heavy atom. The van der Waals surface area contributed by atoms with E-state index in [1.165, 1.54) is 6.07 Å². The lowest BCUT2D eigenvalue weighted by molar-refractivity contribution is -0.137. The van der Waals surface area contributed by atoms with Gasteiger partial charge in [0.1, 0.15) is 5.75 Å². The monoisotopic (exact) mass is 328 g/mol. The van der Waals surface area contributed by atoms with Gasteiger partial charge < -0.3 is 14.0 Å². The Kier molecular flexibility index (Phi) is 3.72. The molecular formula is C16H20BF3O3. The van der Waals surface area contributed by atoms with Crippen LogP contribution in [0, 0.1) is 0 Å². The van der Waals surface area contributed by atoms with Crippen LogP contribution >= 0.6 is 0 Å². The van der Waals surface area contributed by atoms with Gasteiger partial charge in [0.2, 0.25) is 0 Å². The number of hydrogen-bond acceptors (Lipinski definition) is 3. The highest BCUT2D eigenvalue weighted by Crippen LogP contribution is 2.38. The van der Waals surface area contributed by atoms with Crippen molar-refractivity contribution in [2.24, 2.45) is 0 Å². The smallest absolute Gasteiger partial charge is 0.491 e. The van der Waals surface area contributed by atoms with Gasteiger partial charge in [-0.1, -0.05) is 0 Å². The highest BCUT2D eigenvalue weighted by Gasteiger charge is 2.53. The molecule has 23 heavy (non-hydrogen) atoms. The van der Waals surface area contributed by atoms with E-state index in [-0.39, 0.29) is 6.10 Å². The summed E-state index contributed by atoms with van der Waals surface area (Å²) >= 11 is 0. The van der Waals surface area contributed by atoms with E-state index in [1.54, 1.807) is 0 Å². The van der Waals surface area contributed by atoms with Crippen LogP contribution in [-0.4, -0.2) is 24.4 Å². The fourth-order valence-corrected chi connectivity index (χ4v) is 2.35. The summed E-state index contributed by atoms with van der Waals surface area (Å²) in [5.41, 5.74) is -1.68. The van der Waals surface area contributed by atoms with Gasteiger partial charge in [0, 0.05) is 5.46 Å². The Bertz CT molecular complexity index is 593. The van der Waals surface area contributed by atoms with Crippen LogP contribution in [-0.2, 0) is 15.5 Å². The summed E-state index contributed by atoms with van der Waals surface area (Å²) in [6.07, 6.45) is -2.50. The van der Waals surface area contributed by atoms with Crippen molar-refractivity contribution in [3.63, 3.8) is 0 Å². The fourth-order valence-electron chi connectivity index (χ4n) is 2.35. The third-order valence-electron chi connectivity index (χ3n) is 4.66. The van der Waals surface area contributed by atoms with Crippen molar-refractivity contribution in [3.8, 4) is 5.75 Å². The minimum atomic E-state index is -4.42. The fraction of sp³-hybridized carbons (Fsp3) is 0.625. The molecule has 0 spiro atoms. The molecule has 3 nitrogen and oxygen atoms in total. The Hall–Kier alpha value is -1.21. The molecule has 1 heterocycles. The van der Waals surface area contributed by atoms with E-state index in [2.05, 4.69) is 0 Å². The molecule has 0 aromatic heterocycles. The van der Waals surface area contributed by atoms with E-state index < -0.39 is 30.1 Å². The average Bonchev–Trinajstić information content (AvgIpc) is 3.16. The number of alkyl halides is 3. The normalized spacial score (nSPS) is 23.2. The number of ether oxygens (including phenoxy) is 1. The number of halogens is 3. The van der Waals surface area contributed by atoms with E-state index in [1.807, 2.05) is 27.7 Å². The van der Waals surface area contributed by atoms with Crippen molar-refractivity contribution in [2.45, 2.75) is 64.0 Å². The molecule has 7 heteroatoms. The van der Waals surface area contributed by atoms with Crippen molar-refractivity contribution in [1.29, 1.82) is 0 Å². The molecule has 2 fully saturated rings.